The molecule has 0 saturated heterocycles. The fraction of sp³-hybridized carbons (Fsp3) is 0.385. The third kappa shape index (κ3) is 3.07. The molecular formula is C26H30. The molecule has 0 amide bonds. The Morgan fingerprint density at radius 2 is 0.923 bits per heavy atom. The van der Waals surface area contributed by atoms with Crippen molar-refractivity contribution in [1.82, 2.24) is 0 Å². The number of rotatable bonds is 8. The van der Waals surface area contributed by atoms with Gasteiger partial charge in [0.15, 0.2) is 0 Å². The molecule has 0 N–H and O–H groups in total. The van der Waals surface area contributed by atoms with Crippen LogP contribution < -0.4 is 0 Å². The second-order valence-electron chi connectivity index (χ2n) is 7.79. The van der Waals surface area contributed by atoms with E-state index in [9.17, 15) is 0 Å². The van der Waals surface area contributed by atoms with Gasteiger partial charge in [-0.15, -0.1) is 0 Å². The highest BCUT2D eigenvalue weighted by Gasteiger charge is 2.12. The highest BCUT2D eigenvalue weighted by Crippen LogP contribution is 2.38. The molecule has 0 fully saturated rings. The van der Waals surface area contributed by atoms with E-state index < -0.39 is 0 Å². The summed E-state index contributed by atoms with van der Waals surface area (Å²) in [5.41, 5.74) is 3.05. The highest BCUT2D eigenvalue weighted by molar-refractivity contribution is 6.24. The van der Waals surface area contributed by atoms with Crippen LogP contribution in [0.1, 0.15) is 63.5 Å². The standard InChI is InChI=1S/C26H30/c1-3-5-7-9-19-11-13-21-16-18-24-20(10-8-6-4-2)12-14-22-15-17-23(19)25(21)26(22)24/h11-18H,3-10H2,1-2H3. The first kappa shape index (κ1) is 17.3. The van der Waals surface area contributed by atoms with E-state index in [1.807, 2.05) is 0 Å². The van der Waals surface area contributed by atoms with Gasteiger partial charge in [0.25, 0.3) is 0 Å². The Kier molecular flexibility index (Phi) is 5.11. The van der Waals surface area contributed by atoms with E-state index in [1.165, 1.54) is 94.8 Å². The molecule has 0 aromatic heterocycles. The number of benzene rings is 4. The minimum absolute atomic E-state index is 1.20. The third-order valence-electron chi connectivity index (χ3n) is 5.94. The molecular weight excluding hydrogens is 312 g/mol. The Morgan fingerprint density at radius 3 is 1.35 bits per heavy atom. The molecule has 0 aliphatic rings. The summed E-state index contributed by atoms with van der Waals surface area (Å²) < 4.78 is 0. The van der Waals surface area contributed by atoms with Gasteiger partial charge in [-0.1, -0.05) is 88.1 Å². The van der Waals surface area contributed by atoms with Crippen LogP contribution in [0.15, 0.2) is 48.5 Å². The Balaban J connectivity index is 1.87. The van der Waals surface area contributed by atoms with Crippen LogP contribution in [0.5, 0.6) is 0 Å². The maximum Gasteiger partial charge on any atom is -0.00239 e. The lowest BCUT2D eigenvalue weighted by molar-refractivity contribution is 0.719. The predicted octanol–water partition coefficient (Wildman–Crippen LogP) is 8.05. The number of unbranched alkanes of at least 4 members (excludes halogenated alkanes) is 4. The minimum Gasteiger partial charge on any atom is -0.0654 e. The number of hydrogen-bond acceptors (Lipinski definition) is 0. The predicted molar refractivity (Wildman–Crippen MR) is 117 cm³/mol. The van der Waals surface area contributed by atoms with Crippen molar-refractivity contribution in [1.29, 1.82) is 0 Å². The van der Waals surface area contributed by atoms with E-state index in [0.717, 1.165) is 0 Å². The molecule has 0 unspecified atom stereocenters. The molecule has 0 saturated carbocycles. The average Bonchev–Trinajstić information content (AvgIpc) is 2.68. The van der Waals surface area contributed by atoms with E-state index in [-0.39, 0.29) is 0 Å². The van der Waals surface area contributed by atoms with Gasteiger partial charge in [-0.2, -0.15) is 0 Å². The molecule has 0 nitrogen and oxygen atoms in total. The fourth-order valence-corrected chi connectivity index (χ4v) is 4.49. The zero-order valence-electron chi connectivity index (χ0n) is 16.3. The smallest absolute Gasteiger partial charge is 0.00239 e. The first-order valence-corrected chi connectivity index (χ1v) is 10.5. The molecule has 0 spiro atoms. The first-order valence-electron chi connectivity index (χ1n) is 10.5. The molecule has 0 radical (unpaired) electrons. The van der Waals surface area contributed by atoms with Gasteiger partial charge in [0.05, 0.1) is 0 Å². The van der Waals surface area contributed by atoms with Crippen LogP contribution in [0.3, 0.4) is 0 Å². The van der Waals surface area contributed by atoms with Crippen molar-refractivity contribution >= 4 is 32.3 Å². The van der Waals surface area contributed by atoms with Crippen LogP contribution in [0, 0.1) is 0 Å². The normalized spacial score (nSPS) is 11.9. The Morgan fingerprint density at radius 1 is 0.500 bits per heavy atom. The molecule has 134 valence electrons. The van der Waals surface area contributed by atoms with Crippen LogP contribution in [-0.2, 0) is 12.8 Å². The lowest BCUT2D eigenvalue weighted by atomic mass is 9.88. The van der Waals surface area contributed by atoms with Crippen LogP contribution in [0.4, 0.5) is 0 Å². The molecule has 4 rings (SSSR count). The molecule has 4 aromatic rings. The fourth-order valence-electron chi connectivity index (χ4n) is 4.49. The zero-order valence-corrected chi connectivity index (χ0v) is 16.3. The first-order chi connectivity index (χ1) is 12.8. The van der Waals surface area contributed by atoms with Gasteiger partial charge in [-0.05, 0) is 69.1 Å². The molecule has 0 heteroatoms. The summed E-state index contributed by atoms with van der Waals surface area (Å²) in [4.78, 5) is 0. The van der Waals surface area contributed by atoms with E-state index in [4.69, 9.17) is 0 Å². The molecule has 0 heterocycles. The third-order valence-corrected chi connectivity index (χ3v) is 5.94. The minimum atomic E-state index is 1.20. The maximum atomic E-state index is 2.36. The van der Waals surface area contributed by atoms with Crippen LogP contribution >= 0.6 is 0 Å². The molecule has 0 aliphatic carbocycles. The van der Waals surface area contributed by atoms with Gasteiger partial charge in [-0.25, -0.2) is 0 Å². The van der Waals surface area contributed by atoms with Crippen LogP contribution in [0.2, 0.25) is 0 Å². The van der Waals surface area contributed by atoms with Crippen molar-refractivity contribution in [3.8, 4) is 0 Å². The van der Waals surface area contributed by atoms with Crippen LogP contribution in [-0.4, -0.2) is 0 Å². The van der Waals surface area contributed by atoms with Crippen molar-refractivity contribution in [2.45, 2.75) is 65.2 Å². The van der Waals surface area contributed by atoms with Crippen molar-refractivity contribution in [2.24, 2.45) is 0 Å². The van der Waals surface area contributed by atoms with Gasteiger partial charge in [0.1, 0.15) is 0 Å². The summed E-state index contributed by atoms with van der Waals surface area (Å²) in [6, 6.07) is 18.8. The van der Waals surface area contributed by atoms with Gasteiger partial charge in [0, 0.05) is 0 Å². The molecule has 0 atom stereocenters. The second kappa shape index (κ2) is 7.66. The van der Waals surface area contributed by atoms with Crippen molar-refractivity contribution in [3.05, 3.63) is 59.7 Å². The lowest BCUT2D eigenvalue weighted by Gasteiger charge is -2.16. The van der Waals surface area contributed by atoms with E-state index in [2.05, 4.69) is 62.4 Å². The van der Waals surface area contributed by atoms with E-state index in [0.29, 0.717) is 0 Å². The monoisotopic (exact) mass is 342 g/mol. The van der Waals surface area contributed by atoms with E-state index >= 15 is 0 Å². The quantitative estimate of drug-likeness (QED) is 0.224. The SMILES string of the molecule is CCCCCc1ccc2ccc3c(CCCCC)ccc4ccc1c2c43. The number of aryl methyl sites for hydroxylation is 2. The Labute approximate surface area is 157 Å². The lowest BCUT2D eigenvalue weighted by Crippen LogP contribution is -1.93. The Hall–Kier alpha value is -2.08. The summed E-state index contributed by atoms with van der Waals surface area (Å²) in [6.07, 6.45) is 10.2. The number of hydrogen-bond donors (Lipinski definition) is 0. The second-order valence-corrected chi connectivity index (χ2v) is 7.79. The maximum absolute atomic E-state index is 2.36. The van der Waals surface area contributed by atoms with Gasteiger partial charge < -0.3 is 0 Å². The summed E-state index contributed by atoms with van der Waals surface area (Å²) in [6.45, 7) is 4.56. The van der Waals surface area contributed by atoms with Gasteiger partial charge in [-0.3, -0.25) is 0 Å². The molecule has 4 aromatic carbocycles. The summed E-state index contributed by atoms with van der Waals surface area (Å²) >= 11 is 0. The average molecular weight is 343 g/mol. The molecule has 0 aliphatic heterocycles. The van der Waals surface area contributed by atoms with Crippen molar-refractivity contribution in [3.63, 3.8) is 0 Å². The summed E-state index contributed by atoms with van der Waals surface area (Å²) in [5, 5.41) is 8.72. The molecule has 26 heavy (non-hydrogen) atoms. The largest absolute Gasteiger partial charge is 0.0654 e. The highest BCUT2D eigenvalue weighted by atomic mass is 14.2. The van der Waals surface area contributed by atoms with Crippen molar-refractivity contribution in [2.75, 3.05) is 0 Å². The topological polar surface area (TPSA) is 0 Å². The molecule has 0 bridgehead atoms. The van der Waals surface area contributed by atoms with Gasteiger partial charge in [0.2, 0.25) is 0 Å². The zero-order chi connectivity index (χ0) is 17.9. The van der Waals surface area contributed by atoms with E-state index in [1.54, 1.807) is 0 Å². The van der Waals surface area contributed by atoms with Crippen molar-refractivity contribution < 1.29 is 0 Å². The van der Waals surface area contributed by atoms with Crippen LogP contribution in [0.25, 0.3) is 32.3 Å². The summed E-state index contributed by atoms with van der Waals surface area (Å²) in [5.74, 6) is 0. The van der Waals surface area contributed by atoms with Gasteiger partial charge >= 0.3 is 0 Å². The Bertz CT molecular complexity index is 925. The summed E-state index contributed by atoms with van der Waals surface area (Å²) in [7, 11) is 0.